The van der Waals surface area contributed by atoms with Crippen molar-refractivity contribution in [2.75, 3.05) is 25.1 Å². The zero-order valence-corrected chi connectivity index (χ0v) is 28.3. The monoisotopic (exact) mass is 734 g/mol. The van der Waals surface area contributed by atoms with Crippen LogP contribution in [0.1, 0.15) is 64.0 Å². The largest absolute Gasteiger partial charge is 0.504 e. The van der Waals surface area contributed by atoms with E-state index in [4.69, 9.17) is 21.3 Å². The minimum atomic E-state index is -4.61. The third-order valence-corrected chi connectivity index (χ3v) is 11.6. The molecule has 2 N–H and O–H groups in total. The van der Waals surface area contributed by atoms with Crippen molar-refractivity contribution in [3.8, 4) is 5.75 Å². The number of amides is 2. The molecule has 0 radical (unpaired) electrons. The number of piperidine rings is 1. The fourth-order valence-corrected chi connectivity index (χ4v) is 9.09. The number of nitrogens with one attached hydrogen (secondary N) is 1. The first-order chi connectivity index (χ1) is 24.8. The van der Waals surface area contributed by atoms with Crippen molar-refractivity contribution in [3.63, 3.8) is 0 Å². The quantitative estimate of drug-likeness (QED) is 0.286. The second kappa shape index (κ2) is 11.2. The van der Waals surface area contributed by atoms with Gasteiger partial charge in [0, 0.05) is 41.1 Å². The molecule has 17 heteroatoms. The second-order valence-corrected chi connectivity index (χ2v) is 14.4. The Bertz CT molecular complexity index is 2370. The van der Waals surface area contributed by atoms with E-state index in [-0.39, 0.29) is 70.4 Å². The summed E-state index contributed by atoms with van der Waals surface area (Å²) in [5, 5.41) is 17.6. The van der Waals surface area contributed by atoms with Gasteiger partial charge in [0.2, 0.25) is 11.7 Å². The van der Waals surface area contributed by atoms with Crippen LogP contribution in [0.3, 0.4) is 0 Å². The van der Waals surface area contributed by atoms with E-state index < -0.39 is 29.0 Å². The number of fused-ring (bicyclic) bond motifs is 8. The molecule has 9 rings (SSSR count). The molecule has 3 aliphatic carbocycles. The Labute approximate surface area is 297 Å². The number of carbonyl (C=O) groups is 2. The summed E-state index contributed by atoms with van der Waals surface area (Å²) in [4.78, 5) is 56.5. The van der Waals surface area contributed by atoms with Crippen LogP contribution < -0.4 is 10.9 Å². The first-order valence-corrected chi connectivity index (χ1v) is 17.2. The van der Waals surface area contributed by atoms with Gasteiger partial charge in [-0.25, -0.2) is 9.97 Å². The predicted octanol–water partition coefficient (Wildman–Crippen LogP) is 4.27. The van der Waals surface area contributed by atoms with Gasteiger partial charge in [0.25, 0.3) is 11.5 Å². The number of nitrogens with zero attached hydrogens (tertiary/aromatic N) is 7. The van der Waals surface area contributed by atoms with Crippen molar-refractivity contribution in [1.29, 1.82) is 0 Å². The number of hydrogen-bond acceptors (Lipinski definition) is 9. The van der Waals surface area contributed by atoms with Crippen LogP contribution in [0.25, 0.3) is 11.4 Å². The molecule has 2 saturated carbocycles. The number of allylic oxidation sites excluding steroid dienone is 1. The average Bonchev–Trinajstić information content (AvgIpc) is 3.96. The molecule has 2 aliphatic heterocycles. The van der Waals surface area contributed by atoms with E-state index in [9.17, 15) is 32.7 Å². The summed E-state index contributed by atoms with van der Waals surface area (Å²) in [5.41, 5.74) is 1.05. The second-order valence-electron chi connectivity index (χ2n) is 14.0. The number of rotatable bonds is 5. The fraction of sp³-hybridized carbons (Fsp3) is 0.400. The summed E-state index contributed by atoms with van der Waals surface area (Å²) in [6.07, 6.45) is 0.0428. The summed E-state index contributed by atoms with van der Waals surface area (Å²) in [6, 6.07) is 2.46. The van der Waals surface area contributed by atoms with E-state index >= 15 is 0 Å². The van der Waals surface area contributed by atoms with Crippen LogP contribution in [-0.2, 0) is 27.7 Å². The number of halogens is 4. The molecule has 1 aromatic carbocycles. The molecule has 5 heterocycles. The Morgan fingerprint density at radius 1 is 1.25 bits per heavy atom. The van der Waals surface area contributed by atoms with Crippen molar-refractivity contribution in [2.24, 2.45) is 11.8 Å². The Balaban J connectivity index is 1.13. The predicted molar refractivity (Wildman–Crippen MR) is 179 cm³/mol. The molecule has 3 fully saturated rings. The number of ether oxygens (including phenoxy) is 1. The SMILES string of the molecule is C=C1[C@@H]2c3c(c(=O)n4nc(C5=CCOCC5)nc4n3CC(=O)Nc3ccc(C(F)(F)F)cc3Cl)[C@]3(CCN(C(=O)c4ncnc(C)c4O)[C@H]4C[C@H]43)[C@H]12. The first kappa shape index (κ1) is 32.8. The number of anilines is 1. The maximum atomic E-state index is 14.7. The summed E-state index contributed by atoms with van der Waals surface area (Å²) >= 11 is 6.17. The van der Waals surface area contributed by atoms with Crippen molar-refractivity contribution in [1.82, 2.24) is 34.0 Å². The lowest BCUT2D eigenvalue weighted by Crippen LogP contribution is -2.49. The van der Waals surface area contributed by atoms with Gasteiger partial charge in [0.15, 0.2) is 17.3 Å². The van der Waals surface area contributed by atoms with Crippen LogP contribution >= 0.6 is 11.6 Å². The number of alkyl halides is 3. The van der Waals surface area contributed by atoms with Gasteiger partial charge in [-0.2, -0.15) is 22.7 Å². The molecular weight excluding hydrogens is 705 g/mol. The van der Waals surface area contributed by atoms with Gasteiger partial charge in [0.1, 0.15) is 12.9 Å². The zero-order chi connectivity index (χ0) is 36.4. The van der Waals surface area contributed by atoms with Crippen molar-refractivity contribution >= 4 is 40.5 Å². The highest BCUT2D eigenvalue weighted by Crippen LogP contribution is 2.75. The highest BCUT2D eigenvalue weighted by atomic mass is 35.5. The number of aromatic nitrogens is 6. The molecule has 2 amide bonds. The third-order valence-electron chi connectivity index (χ3n) is 11.3. The van der Waals surface area contributed by atoms with Crippen LogP contribution in [0, 0.1) is 18.8 Å². The molecule has 268 valence electrons. The van der Waals surface area contributed by atoms with Gasteiger partial charge < -0.3 is 24.6 Å². The molecule has 5 atom stereocenters. The minimum absolute atomic E-state index is 0.00384. The van der Waals surface area contributed by atoms with E-state index in [1.165, 1.54) is 10.8 Å². The topological polar surface area (TPSA) is 157 Å². The molecule has 13 nitrogen and oxygen atoms in total. The molecule has 3 aromatic heterocycles. The Hall–Kier alpha value is -5.09. The highest BCUT2D eigenvalue weighted by molar-refractivity contribution is 6.33. The lowest BCUT2D eigenvalue weighted by Gasteiger charge is -2.40. The van der Waals surface area contributed by atoms with Crippen LogP contribution in [0.2, 0.25) is 5.02 Å². The normalized spacial score (nSPS) is 25.8. The lowest BCUT2D eigenvalue weighted by atomic mass is 9.69. The maximum absolute atomic E-state index is 14.7. The van der Waals surface area contributed by atoms with Crippen LogP contribution in [0.15, 0.2) is 47.5 Å². The summed E-state index contributed by atoms with van der Waals surface area (Å²) in [7, 11) is 0. The Kier molecular flexibility index (Phi) is 7.07. The van der Waals surface area contributed by atoms with Crippen molar-refractivity contribution in [2.45, 2.75) is 56.3 Å². The van der Waals surface area contributed by atoms with E-state index in [1.807, 2.05) is 6.08 Å². The number of likely N-dealkylation sites (tertiary alicyclic amines) is 1. The molecule has 1 saturated heterocycles. The average molecular weight is 735 g/mol. The van der Waals surface area contributed by atoms with Crippen LogP contribution in [-0.4, -0.2) is 76.8 Å². The molecular formula is C35H30ClF3N8O5. The zero-order valence-electron chi connectivity index (χ0n) is 27.6. The summed E-state index contributed by atoms with van der Waals surface area (Å²) in [5.74, 6) is -1.28. The lowest BCUT2D eigenvalue weighted by molar-refractivity contribution is -0.137. The Morgan fingerprint density at radius 2 is 2.06 bits per heavy atom. The molecule has 4 aromatic rings. The smallest absolute Gasteiger partial charge is 0.416 e. The number of aryl methyl sites for hydroxylation is 1. The van der Waals surface area contributed by atoms with Crippen molar-refractivity contribution in [3.05, 3.63) is 92.2 Å². The van der Waals surface area contributed by atoms with Gasteiger partial charge in [-0.05, 0) is 55.9 Å². The van der Waals surface area contributed by atoms with E-state index in [1.54, 1.807) is 16.4 Å². The van der Waals surface area contributed by atoms with Gasteiger partial charge >= 0.3 is 6.18 Å². The van der Waals surface area contributed by atoms with E-state index in [2.05, 4.69) is 27.0 Å². The number of aromatic hydroxyl groups is 1. The molecule has 5 aliphatic rings. The van der Waals surface area contributed by atoms with Crippen LogP contribution in [0.5, 0.6) is 5.75 Å². The highest BCUT2D eigenvalue weighted by Gasteiger charge is 2.74. The molecule has 1 spiro atoms. The van der Waals surface area contributed by atoms with Gasteiger partial charge in [-0.15, -0.1) is 5.10 Å². The molecule has 0 unspecified atom stereocenters. The summed E-state index contributed by atoms with van der Waals surface area (Å²) < 4.78 is 48.2. The van der Waals surface area contributed by atoms with Crippen LogP contribution in [0.4, 0.5) is 18.9 Å². The molecule has 0 bridgehead atoms. The number of benzene rings is 1. The fourth-order valence-electron chi connectivity index (χ4n) is 8.86. The maximum Gasteiger partial charge on any atom is 0.416 e. The number of hydrogen-bond donors (Lipinski definition) is 2. The minimum Gasteiger partial charge on any atom is -0.504 e. The first-order valence-electron chi connectivity index (χ1n) is 16.8. The van der Waals surface area contributed by atoms with Gasteiger partial charge in [0.05, 0.1) is 35.2 Å². The third kappa shape index (κ3) is 4.69. The summed E-state index contributed by atoms with van der Waals surface area (Å²) in [6.45, 7) is 6.72. The van der Waals surface area contributed by atoms with Crippen molar-refractivity contribution < 1.29 is 32.6 Å². The standard InChI is InChI=1S/C35H30ClF3N8O5/c1-15-24-25(15)34(7-8-45(22-12-19(22)34)32(51)27-29(49)16(2)40-14-41-27)26-28(24)46(13-23(48)42-21-4-3-18(11-20(21)36)35(37,38)39)33-43-30(44-47(33)31(26)50)17-5-9-52-10-6-17/h3-5,11,14,19,22,24-25,49H,1,6-10,12-13H2,2H3,(H,42,48)/t19-,22+,24+,25-,34+/m1/s1. The Morgan fingerprint density at radius 3 is 2.79 bits per heavy atom. The van der Waals surface area contributed by atoms with E-state index in [0.717, 1.165) is 29.3 Å². The van der Waals surface area contributed by atoms with Gasteiger partial charge in [-0.1, -0.05) is 29.8 Å². The van der Waals surface area contributed by atoms with Gasteiger partial charge in [-0.3, -0.25) is 14.4 Å². The molecule has 52 heavy (non-hydrogen) atoms. The number of carbonyl (C=O) groups excluding carboxylic acids is 2. The van der Waals surface area contributed by atoms with E-state index in [0.29, 0.717) is 55.3 Å².